The van der Waals surface area contributed by atoms with Crippen LogP contribution in [0.25, 0.3) is 5.65 Å². The molecule has 0 saturated heterocycles. The zero-order chi connectivity index (χ0) is 13.1. The van der Waals surface area contributed by atoms with Gasteiger partial charge >= 0.3 is 5.97 Å². The van der Waals surface area contributed by atoms with Crippen LogP contribution in [0.5, 0.6) is 0 Å². The summed E-state index contributed by atoms with van der Waals surface area (Å²) in [7, 11) is 0. The van der Waals surface area contributed by atoms with Gasteiger partial charge in [-0.15, -0.1) is 16.6 Å². The monoisotopic (exact) mass is 245 g/mol. The van der Waals surface area contributed by atoms with Crippen molar-refractivity contribution in [2.75, 3.05) is 18.0 Å². The number of carboxylic acids is 1. The standard InChI is InChI=1S/C11H11N5O2/c1-3-5-15(7-9(17)18)10-11-14-13-8(2)16(11)6-4-12-10/h1,4,6H,5,7H2,2H3,(H,17,18). The predicted octanol–water partition coefficient (Wildman–Crippen LogP) is -0.0431. The molecule has 0 aliphatic carbocycles. The van der Waals surface area contributed by atoms with E-state index in [1.165, 1.54) is 4.90 Å². The van der Waals surface area contributed by atoms with E-state index in [1.807, 2.05) is 0 Å². The van der Waals surface area contributed by atoms with E-state index in [9.17, 15) is 4.79 Å². The molecule has 2 heterocycles. The summed E-state index contributed by atoms with van der Waals surface area (Å²) in [6.07, 6.45) is 8.51. The van der Waals surface area contributed by atoms with Gasteiger partial charge in [0.15, 0.2) is 5.82 Å². The summed E-state index contributed by atoms with van der Waals surface area (Å²) in [5.41, 5.74) is 0.492. The fourth-order valence-electron chi connectivity index (χ4n) is 1.63. The number of hydrogen-bond acceptors (Lipinski definition) is 5. The van der Waals surface area contributed by atoms with Gasteiger partial charge in [0.1, 0.15) is 12.4 Å². The molecule has 0 aliphatic heterocycles. The van der Waals surface area contributed by atoms with Crippen molar-refractivity contribution in [1.29, 1.82) is 0 Å². The van der Waals surface area contributed by atoms with Gasteiger partial charge in [-0.05, 0) is 6.92 Å². The lowest BCUT2D eigenvalue weighted by Gasteiger charge is -2.18. The van der Waals surface area contributed by atoms with Crippen LogP contribution in [0.1, 0.15) is 5.82 Å². The minimum atomic E-state index is -0.981. The maximum absolute atomic E-state index is 10.8. The van der Waals surface area contributed by atoms with Gasteiger partial charge in [0.2, 0.25) is 5.65 Å². The van der Waals surface area contributed by atoms with Crippen LogP contribution < -0.4 is 4.90 Å². The van der Waals surface area contributed by atoms with Crippen molar-refractivity contribution >= 4 is 17.4 Å². The summed E-state index contributed by atoms with van der Waals surface area (Å²) in [5, 5.41) is 16.8. The first-order valence-electron chi connectivity index (χ1n) is 5.20. The smallest absolute Gasteiger partial charge is 0.323 e. The fraction of sp³-hybridized carbons (Fsp3) is 0.273. The molecule has 7 heteroatoms. The number of carbonyl (C=O) groups is 1. The van der Waals surface area contributed by atoms with Crippen LogP contribution in [0.3, 0.4) is 0 Å². The second kappa shape index (κ2) is 4.71. The molecule has 0 atom stereocenters. The maximum atomic E-state index is 10.8. The minimum absolute atomic E-state index is 0.144. The predicted molar refractivity (Wildman–Crippen MR) is 64.2 cm³/mol. The molecule has 0 radical (unpaired) electrons. The number of hydrogen-bond donors (Lipinski definition) is 1. The van der Waals surface area contributed by atoms with E-state index in [2.05, 4.69) is 21.1 Å². The van der Waals surface area contributed by atoms with Crippen molar-refractivity contribution < 1.29 is 9.90 Å². The third-order valence-electron chi connectivity index (χ3n) is 2.39. The summed E-state index contributed by atoms with van der Waals surface area (Å²) in [4.78, 5) is 16.4. The molecule has 0 aliphatic rings. The molecular formula is C11H11N5O2. The average Bonchev–Trinajstić information content (AvgIpc) is 2.70. The van der Waals surface area contributed by atoms with Crippen LogP contribution in [0.2, 0.25) is 0 Å². The first kappa shape index (κ1) is 11.9. The van der Waals surface area contributed by atoms with Crippen molar-refractivity contribution in [3.8, 4) is 12.3 Å². The van der Waals surface area contributed by atoms with Gasteiger partial charge in [-0.3, -0.25) is 9.20 Å². The summed E-state index contributed by atoms with van der Waals surface area (Å²) in [5.74, 6) is 2.54. The summed E-state index contributed by atoms with van der Waals surface area (Å²) < 4.78 is 1.73. The Labute approximate surface area is 103 Å². The number of terminal acetylenes is 1. The fourth-order valence-corrected chi connectivity index (χ4v) is 1.63. The van der Waals surface area contributed by atoms with Crippen LogP contribution in [0.4, 0.5) is 5.82 Å². The molecule has 0 aromatic carbocycles. The van der Waals surface area contributed by atoms with Crippen molar-refractivity contribution in [2.45, 2.75) is 6.92 Å². The van der Waals surface area contributed by atoms with Gasteiger partial charge in [0, 0.05) is 12.4 Å². The normalized spacial score (nSPS) is 10.2. The Hall–Kier alpha value is -2.62. The Bertz CT molecular complexity index is 628. The molecule has 2 aromatic heterocycles. The minimum Gasteiger partial charge on any atom is -0.480 e. The van der Waals surface area contributed by atoms with Gasteiger partial charge in [0.25, 0.3) is 0 Å². The third-order valence-corrected chi connectivity index (χ3v) is 2.39. The molecule has 7 nitrogen and oxygen atoms in total. The molecule has 2 rings (SSSR count). The lowest BCUT2D eigenvalue weighted by atomic mass is 10.4. The van der Waals surface area contributed by atoms with Crippen LogP contribution in [-0.2, 0) is 4.79 Å². The third kappa shape index (κ3) is 2.08. The second-order valence-electron chi connectivity index (χ2n) is 3.65. The van der Waals surface area contributed by atoms with E-state index < -0.39 is 5.97 Å². The number of nitrogens with zero attached hydrogens (tertiary/aromatic N) is 5. The summed E-state index contributed by atoms with van der Waals surface area (Å²) in [6, 6.07) is 0. The molecular weight excluding hydrogens is 234 g/mol. The zero-order valence-electron chi connectivity index (χ0n) is 9.74. The highest BCUT2D eigenvalue weighted by atomic mass is 16.4. The van der Waals surface area contributed by atoms with Gasteiger partial charge < -0.3 is 10.0 Å². The summed E-state index contributed by atoms with van der Waals surface area (Å²) in [6.45, 7) is 1.71. The van der Waals surface area contributed by atoms with Crippen molar-refractivity contribution in [3.63, 3.8) is 0 Å². The van der Waals surface area contributed by atoms with Crippen LogP contribution in [0.15, 0.2) is 12.4 Å². The number of anilines is 1. The van der Waals surface area contributed by atoms with Crippen molar-refractivity contribution in [2.24, 2.45) is 0 Å². The molecule has 1 N–H and O–H groups in total. The second-order valence-corrected chi connectivity index (χ2v) is 3.65. The Balaban J connectivity index is 2.50. The van der Waals surface area contributed by atoms with E-state index >= 15 is 0 Å². The number of fused-ring (bicyclic) bond motifs is 1. The maximum Gasteiger partial charge on any atom is 0.323 e. The number of aryl methyl sites for hydroxylation is 1. The quantitative estimate of drug-likeness (QED) is 0.761. The van der Waals surface area contributed by atoms with Crippen LogP contribution in [-0.4, -0.2) is 43.7 Å². The summed E-state index contributed by atoms with van der Waals surface area (Å²) >= 11 is 0. The average molecular weight is 245 g/mol. The topological polar surface area (TPSA) is 83.6 Å². The van der Waals surface area contributed by atoms with E-state index in [0.717, 1.165) is 0 Å². The molecule has 0 fully saturated rings. The molecule has 0 spiro atoms. The largest absolute Gasteiger partial charge is 0.480 e. The first-order chi connectivity index (χ1) is 8.63. The van der Waals surface area contributed by atoms with Crippen molar-refractivity contribution in [3.05, 3.63) is 18.2 Å². The van der Waals surface area contributed by atoms with Crippen LogP contribution >= 0.6 is 0 Å². The highest BCUT2D eigenvalue weighted by Crippen LogP contribution is 2.16. The Morgan fingerprint density at radius 1 is 1.61 bits per heavy atom. The SMILES string of the molecule is C#CCN(CC(=O)O)c1nccn2c(C)nnc12. The highest BCUT2D eigenvalue weighted by Gasteiger charge is 2.16. The molecule has 0 bridgehead atoms. The lowest BCUT2D eigenvalue weighted by Crippen LogP contribution is -2.31. The van der Waals surface area contributed by atoms with Gasteiger partial charge in [-0.2, -0.15) is 0 Å². The Morgan fingerprint density at radius 2 is 2.39 bits per heavy atom. The number of aromatic nitrogens is 4. The molecule has 0 amide bonds. The zero-order valence-corrected chi connectivity index (χ0v) is 9.74. The molecule has 18 heavy (non-hydrogen) atoms. The van der Waals surface area contributed by atoms with Crippen LogP contribution in [0, 0.1) is 19.3 Å². The molecule has 2 aromatic rings. The molecule has 92 valence electrons. The van der Waals surface area contributed by atoms with E-state index in [1.54, 1.807) is 23.7 Å². The van der Waals surface area contributed by atoms with E-state index in [4.69, 9.17) is 11.5 Å². The van der Waals surface area contributed by atoms with Gasteiger partial charge in [-0.1, -0.05) is 5.92 Å². The Kier molecular flexibility index (Phi) is 3.10. The van der Waals surface area contributed by atoms with Gasteiger partial charge in [-0.25, -0.2) is 4.98 Å². The molecule has 0 unspecified atom stereocenters. The van der Waals surface area contributed by atoms with E-state index in [-0.39, 0.29) is 13.1 Å². The number of carboxylic acid groups (broad SMARTS) is 1. The Morgan fingerprint density at radius 3 is 3.06 bits per heavy atom. The number of rotatable bonds is 4. The lowest BCUT2D eigenvalue weighted by molar-refractivity contribution is -0.135. The van der Waals surface area contributed by atoms with Gasteiger partial charge in [0.05, 0.1) is 6.54 Å². The molecule has 0 saturated carbocycles. The van der Waals surface area contributed by atoms with Crippen molar-refractivity contribution in [1.82, 2.24) is 19.6 Å². The number of aliphatic carboxylic acids is 1. The van der Waals surface area contributed by atoms with E-state index in [0.29, 0.717) is 17.3 Å². The first-order valence-corrected chi connectivity index (χ1v) is 5.20. The highest BCUT2D eigenvalue weighted by molar-refractivity contribution is 5.76.